The molecule has 0 radical (unpaired) electrons. The lowest BCUT2D eigenvalue weighted by atomic mass is 9.93. The van der Waals surface area contributed by atoms with Crippen LogP contribution in [0.25, 0.3) is 0 Å². The molecule has 0 saturated heterocycles. The van der Waals surface area contributed by atoms with Crippen molar-refractivity contribution in [1.82, 2.24) is 9.97 Å². The maximum atomic E-state index is 9.44. The van der Waals surface area contributed by atoms with Crippen LogP contribution < -0.4 is 10.1 Å². The Labute approximate surface area is 105 Å². The predicted molar refractivity (Wildman–Crippen MR) is 65.5 cm³/mol. The molecule has 0 bridgehead atoms. The number of halogens is 1. The standard InChI is InChI=1S/C11H16ClN3O2/c1-17-9-10(12)13-6-14-11(9)15-7-2-4-8(16)5-3-7/h6-8,16H,2-5H2,1H3,(H,13,14,15). The van der Waals surface area contributed by atoms with Gasteiger partial charge in [0.25, 0.3) is 0 Å². The predicted octanol–water partition coefficient (Wildman–Crippen LogP) is 1.85. The van der Waals surface area contributed by atoms with Gasteiger partial charge in [0, 0.05) is 6.04 Å². The lowest BCUT2D eigenvalue weighted by Gasteiger charge is -2.27. The van der Waals surface area contributed by atoms with Gasteiger partial charge in [-0.3, -0.25) is 0 Å². The molecule has 1 aromatic rings. The van der Waals surface area contributed by atoms with Crippen molar-refractivity contribution in [2.24, 2.45) is 0 Å². The van der Waals surface area contributed by atoms with Crippen LogP contribution in [0, 0.1) is 0 Å². The summed E-state index contributed by atoms with van der Waals surface area (Å²) in [6, 6.07) is 0.304. The lowest BCUT2D eigenvalue weighted by Crippen LogP contribution is -2.28. The van der Waals surface area contributed by atoms with Crippen molar-refractivity contribution in [3.8, 4) is 5.75 Å². The summed E-state index contributed by atoms with van der Waals surface area (Å²) >= 11 is 5.91. The van der Waals surface area contributed by atoms with E-state index in [-0.39, 0.29) is 6.10 Å². The maximum Gasteiger partial charge on any atom is 0.198 e. The summed E-state index contributed by atoms with van der Waals surface area (Å²) < 4.78 is 5.17. The van der Waals surface area contributed by atoms with Crippen LogP contribution in [0.15, 0.2) is 6.33 Å². The first-order valence-corrected chi connectivity index (χ1v) is 6.07. The zero-order chi connectivity index (χ0) is 12.3. The van der Waals surface area contributed by atoms with Gasteiger partial charge in [0.05, 0.1) is 13.2 Å². The molecule has 17 heavy (non-hydrogen) atoms. The summed E-state index contributed by atoms with van der Waals surface area (Å²) in [6.45, 7) is 0. The maximum absolute atomic E-state index is 9.44. The number of nitrogens with zero attached hydrogens (tertiary/aromatic N) is 2. The molecule has 6 heteroatoms. The van der Waals surface area contributed by atoms with Crippen molar-refractivity contribution in [3.63, 3.8) is 0 Å². The Hall–Kier alpha value is -1.07. The number of hydrogen-bond acceptors (Lipinski definition) is 5. The minimum Gasteiger partial charge on any atom is -0.490 e. The zero-order valence-electron chi connectivity index (χ0n) is 9.69. The molecule has 1 aliphatic rings. The van der Waals surface area contributed by atoms with E-state index >= 15 is 0 Å². The van der Waals surface area contributed by atoms with Crippen LogP contribution in [0.3, 0.4) is 0 Å². The van der Waals surface area contributed by atoms with E-state index in [0.29, 0.717) is 22.8 Å². The van der Waals surface area contributed by atoms with Crippen molar-refractivity contribution in [2.45, 2.75) is 37.8 Å². The Kier molecular flexibility index (Phi) is 4.02. The number of anilines is 1. The van der Waals surface area contributed by atoms with E-state index < -0.39 is 0 Å². The van der Waals surface area contributed by atoms with Gasteiger partial charge < -0.3 is 15.2 Å². The molecule has 0 spiro atoms. The normalized spacial score (nSPS) is 24.4. The highest BCUT2D eigenvalue weighted by Gasteiger charge is 2.21. The highest BCUT2D eigenvalue weighted by molar-refractivity contribution is 6.31. The molecule has 1 fully saturated rings. The van der Waals surface area contributed by atoms with Crippen molar-refractivity contribution < 1.29 is 9.84 Å². The van der Waals surface area contributed by atoms with Crippen molar-refractivity contribution in [1.29, 1.82) is 0 Å². The number of rotatable bonds is 3. The van der Waals surface area contributed by atoms with E-state index in [1.54, 1.807) is 7.11 Å². The van der Waals surface area contributed by atoms with E-state index in [4.69, 9.17) is 16.3 Å². The van der Waals surface area contributed by atoms with E-state index in [1.165, 1.54) is 6.33 Å². The van der Waals surface area contributed by atoms with Gasteiger partial charge in [0.2, 0.25) is 0 Å². The summed E-state index contributed by atoms with van der Waals surface area (Å²) in [5.41, 5.74) is 0. The van der Waals surface area contributed by atoms with E-state index in [0.717, 1.165) is 25.7 Å². The molecule has 1 saturated carbocycles. The minimum atomic E-state index is -0.163. The van der Waals surface area contributed by atoms with Gasteiger partial charge in [-0.2, -0.15) is 0 Å². The van der Waals surface area contributed by atoms with E-state index in [2.05, 4.69) is 15.3 Å². The van der Waals surface area contributed by atoms with Crippen molar-refractivity contribution in [2.75, 3.05) is 12.4 Å². The number of hydrogen-bond donors (Lipinski definition) is 2. The second kappa shape index (κ2) is 5.51. The van der Waals surface area contributed by atoms with Gasteiger partial charge in [-0.25, -0.2) is 9.97 Å². The Bertz CT molecular complexity index is 381. The largest absolute Gasteiger partial charge is 0.490 e. The fourth-order valence-electron chi connectivity index (χ4n) is 2.05. The first-order chi connectivity index (χ1) is 8.20. The third kappa shape index (κ3) is 2.98. The first kappa shape index (κ1) is 12.4. The third-order valence-electron chi connectivity index (χ3n) is 3.00. The molecule has 1 aromatic heterocycles. The Morgan fingerprint density at radius 3 is 2.71 bits per heavy atom. The van der Waals surface area contributed by atoms with E-state index in [1.807, 2.05) is 0 Å². The second-order valence-corrected chi connectivity index (χ2v) is 4.55. The SMILES string of the molecule is COc1c(Cl)ncnc1NC1CCC(O)CC1. The number of aliphatic hydroxyl groups excluding tert-OH is 1. The minimum absolute atomic E-state index is 0.163. The molecule has 2 N–H and O–H groups in total. The van der Waals surface area contributed by atoms with Gasteiger partial charge in [-0.1, -0.05) is 11.6 Å². The summed E-state index contributed by atoms with van der Waals surface area (Å²) in [5.74, 6) is 1.09. The highest BCUT2D eigenvalue weighted by atomic mass is 35.5. The highest BCUT2D eigenvalue weighted by Crippen LogP contribution is 2.30. The molecule has 0 unspecified atom stereocenters. The molecule has 1 aliphatic carbocycles. The van der Waals surface area contributed by atoms with Gasteiger partial charge >= 0.3 is 0 Å². The topological polar surface area (TPSA) is 67.3 Å². The number of aliphatic hydroxyl groups is 1. The number of aromatic nitrogens is 2. The molecule has 1 heterocycles. The molecular formula is C11H16ClN3O2. The molecule has 0 aliphatic heterocycles. The second-order valence-electron chi connectivity index (χ2n) is 4.20. The Morgan fingerprint density at radius 2 is 2.06 bits per heavy atom. The fourth-order valence-corrected chi connectivity index (χ4v) is 2.26. The van der Waals surface area contributed by atoms with Crippen molar-refractivity contribution in [3.05, 3.63) is 11.5 Å². The van der Waals surface area contributed by atoms with Crippen LogP contribution in [-0.4, -0.2) is 34.3 Å². The van der Waals surface area contributed by atoms with Crippen LogP contribution in [0.2, 0.25) is 5.15 Å². The molecule has 2 rings (SSSR count). The molecule has 0 amide bonds. The monoisotopic (exact) mass is 257 g/mol. The van der Waals surface area contributed by atoms with Crippen LogP contribution in [0.1, 0.15) is 25.7 Å². The Balaban J connectivity index is 2.05. The zero-order valence-corrected chi connectivity index (χ0v) is 10.4. The number of methoxy groups -OCH3 is 1. The smallest absolute Gasteiger partial charge is 0.198 e. The summed E-state index contributed by atoms with van der Waals surface area (Å²) in [5, 5.41) is 13.0. The molecule has 0 aromatic carbocycles. The molecule has 0 atom stereocenters. The number of ether oxygens (including phenoxy) is 1. The van der Waals surface area contributed by atoms with Gasteiger partial charge in [-0.15, -0.1) is 0 Å². The number of nitrogens with one attached hydrogen (secondary N) is 1. The first-order valence-electron chi connectivity index (χ1n) is 5.69. The molecule has 94 valence electrons. The summed E-state index contributed by atoms with van der Waals surface area (Å²) in [7, 11) is 1.54. The van der Waals surface area contributed by atoms with Gasteiger partial charge in [0.1, 0.15) is 6.33 Å². The van der Waals surface area contributed by atoms with E-state index in [9.17, 15) is 5.11 Å². The van der Waals surface area contributed by atoms with Gasteiger partial charge in [-0.05, 0) is 25.7 Å². The van der Waals surface area contributed by atoms with Gasteiger partial charge in [0.15, 0.2) is 16.7 Å². The van der Waals surface area contributed by atoms with Crippen LogP contribution in [0.4, 0.5) is 5.82 Å². The van der Waals surface area contributed by atoms with Crippen LogP contribution in [0.5, 0.6) is 5.75 Å². The molecule has 5 nitrogen and oxygen atoms in total. The third-order valence-corrected chi connectivity index (χ3v) is 3.27. The summed E-state index contributed by atoms with van der Waals surface area (Å²) in [6.07, 6.45) is 4.73. The molecular weight excluding hydrogens is 242 g/mol. The Morgan fingerprint density at radius 1 is 1.35 bits per heavy atom. The van der Waals surface area contributed by atoms with Crippen molar-refractivity contribution >= 4 is 17.4 Å². The lowest BCUT2D eigenvalue weighted by molar-refractivity contribution is 0.126. The fraction of sp³-hybridized carbons (Fsp3) is 0.636. The quantitative estimate of drug-likeness (QED) is 0.809. The van der Waals surface area contributed by atoms with Crippen LogP contribution >= 0.6 is 11.6 Å². The average molecular weight is 258 g/mol. The van der Waals surface area contributed by atoms with Crippen LogP contribution in [-0.2, 0) is 0 Å². The summed E-state index contributed by atoms with van der Waals surface area (Å²) in [4.78, 5) is 7.99. The average Bonchev–Trinajstić information content (AvgIpc) is 2.32.